The van der Waals surface area contributed by atoms with E-state index in [1.54, 1.807) is 13.8 Å². The first-order valence-electron chi connectivity index (χ1n) is 4.11. The van der Waals surface area contributed by atoms with Crippen LogP contribution >= 0.6 is 0 Å². The molecule has 10 heavy (non-hydrogen) atoms. The van der Waals surface area contributed by atoms with Crippen LogP contribution in [0.15, 0.2) is 0 Å². The van der Waals surface area contributed by atoms with Gasteiger partial charge < -0.3 is 0 Å². The molecule has 0 unspecified atom stereocenters. The minimum Gasteiger partial charge on any atom is -0.245 e. The lowest BCUT2D eigenvalue weighted by molar-refractivity contribution is 0.193. The third-order valence-corrected chi connectivity index (χ3v) is 1.55. The Morgan fingerprint density at radius 3 is 2.10 bits per heavy atom. The molecule has 0 amide bonds. The van der Waals surface area contributed by atoms with Crippen molar-refractivity contribution >= 4 is 0 Å². The summed E-state index contributed by atoms with van der Waals surface area (Å²) in [4.78, 5) is 0. The molecule has 0 aliphatic rings. The Bertz CT molecular complexity index is 79.2. The molecular weight excluding hydrogens is 126 g/mol. The van der Waals surface area contributed by atoms with Crippen LogP contribution < -0.4 is 0 Å². The quantitative estimate of drug-likeness (QED) is 0.567. The summed E-state index contributed by atoms with van der Waals surface area (Å²) in [6, 6.07) is 0. The molecule has 0 radical (unpaired) electrons. The van der Waals surface area contributed by atoms with Crippen LogP contribution in [-0.4, -0.2) is 5.67 Å². The molecule has 0 atom stereocenters. The number of rotatable bonds is 4. The summed E-state index contributed by atoms with van der Waals surface area (Å²) in [5, 5.41) is 0. The van der Waals surface area contributed by atoms with Crippen LogP contribution in [0.5, 0.6) is 0 Å². The molecule has 0 spiro atoms. The molecule has 0 aliphatic heterocycles. The molecule has 0 aromatic rings. The largest absolute Gasteiger partial charge is 0.245 e. The van der Waals surface area contributed by atoms with Crippen LogP contribution in [0, 0.1) is 5.92 Å². The summed E-state index contributed by atoms with van der Waals surface area (Å²) in [5.41, 5.74) is -0.963. The molecule has 0 aromatic carbocycles. The molecule has 0 fully saturated rings. The number of hydrogen-bond acceptors (Lipinski definition) is 0. The standard InChI is InChI=1S/C9H19F/c1-8(2)6-5-7-9(3,4)10/h8H,5-7H2,1-4H3/i10-1. The Kier molecular flexibility index (Phi) is 3.92. The first kappa shape index (κ1) is 9.93. The topological polar surface area (TPSA) is 0 Å². The third-order valence-electron chi connectivity index (χ3n) is 1.55. The highest BCUT2D eigenvalue weighted by Gasteiger charge is 2.14. The molecular formula is C9H19F. The van der Waals surface area contributed by atoms with Crippen molar-refractivity contribution in [1.82, 2.24) is 0 Å². The van der Waals surface area contributed by atoms with Crippen molar-refractivity contribution in [3.8, 4) is 0 Å². The summed E-state index contributed by atoms with van der Waals surface area (Å²) < 4.78 is 12.8. The van der Waals surface area contributed by atoms with Gasteiger partial charge >= 0.3 is 0 Å². The Morgan fingerprint density at radius 1 is 1.30 bits per heavy atom. The van der Waals surface area contributed by atoms with E-state index < -0.39 is 5.67 Å². The second-order valence-electron chi connectivity index (χ2n) is 4.00. The second kappa shape index (κ2) is 3.95. The van der Waals surface area contributed by atoms with E-state index >= 15 is 0 Å². The monoisotopic (exact) mass is 145 g/mol. The van der Waals surface area contributed by atoms with Crippen LogP contribution in [0.3, 0.4) is 0 Å². The van der Waals surface area contributed by atoms with Crippen LogP contribution in [0.2, 0.25) is 0 Å². The van der Waals surface area contributed by atoms with Crippen molar-refractivity contribution in [2.24, 2.45) is 5.92 Å². The first-order valence-corrected chi connectivity index (χ1v) is 4.11. The van der Waals surface area contributed by atoms with Crippen molar-refractivity contribution in [3.63, 3.8) is 0 Å². The molecule has 0 nitrogen and oxygen atoms in total. The van der Waals surface area contributed by atoms with Gasteiger partial charge in [-0.2, -0.15) is 0 Å². The molecule has 0 bridgehead atoms. The Hall–Kier alpha value is -0.0700. The van der Waals surface area contributed by atoms with Crippen LogP contribution in [0.4, 0.5) is 4.39 Å². The zero-order chi connectivity index (χ0) is 8.20. The van der Waals surface area contributed by atoms with Gasteiger partial charge in [0.1, 0.15) is 5.67 Å². The Balaban J connectivity index is 3.21. The van der Waals surface area contributed by atoms with Gasteiger partial charge in [0.15, 0.2) is 0 Å². The van der Waals surface area contributed by atoms with Gasteiger partial charge in [-0.1, -0.05) is 26.7 Å². The summed E-state index contributed by atoms with van der Waals surface area (Å²) in [6.07, 6.45) is 2.86. The van der Waals surface area contributed by atoms with Crippen LogP contribution in [0.25, 0.3) is 0 Å². The molecule has 0 rings (SSSR count). The number of alkyl halides is 1. The fourth-order valence-corrected chi connectivity index (χ4v) is 0.931. The highest BCUT2D eigenvalue weighted by atomic mass is 18.2. The fraction of sp³-hybridized carbons (Fsp3) is 1.00. The molecule has 0 saturated heterocycles. The van der Waals surface area contributed by atoms with E-state index in [9.17, 15) is 4.39 Å². The molecule has 0 aromatic heterocycles. The Morgan fingerprint density at radius 2 is 1.80 bits per heavy atom. The zero-order valence-corrected chi connectivity index (χ0v) is 7.58. The highest BCUT2D eigenvalue weighted by molar-refractivity contribution is 4.65. The van der Waals surface area contributed by atoms with Gasteiger partial charge in [0.25, 0.3) is 0 Å². The third kappa shape index (κ3) is 7.93. The van der Waals surface area contributed by atoms with E-state index in [4.69, 9.17) is 0 Å². The predicted octanol–water partition coefficient (Wildman–Crippen LogP) is 3.56. The molecule has 0 aliphatic carbocycles. The van der Waals surface area contributed by atoms with Crippen molar-refractivity contribution in [1.29, 1.82) is 0 Å². The van der Waals surface area contributed by atoms with E-state index in [-0.39, 0.29) is 0 Å². The SMILES string of the molecule is CC(C)CCCC(C)(C)[18F]. The van der Waals surface area contributed by atoms with Gasteiger partial charge in [-0.25, -0.2) is 4.39 Å². The van der Waals surface area contributed by atoms with Crippen LogP contribution in [0.1, 0.15) is 47.0 Å². The van der Waals surface area contributed by atoms with Gasteiger partial charge in [0.05, 0.1) is 0 Å². The van der Waals surface area contributed by atoms with Crippen molar-refractivity contribution in [2.75, 3.05) is 0 Å². The summed E-state index contributed by atoms with van der Waals surface area (Å²) in [7, 11) is 0. The Labute approximate surface area is 63.8 Å². The smallest absolute Gasteiger partial charge is 0.105 e. The van der Waals surface area contributed by atoms with Crippen molar-refractivity contribution < 1.29 is 4.39 Å². The van der Waals surface area contributed by atoms with Crippen molar-refractivity contribution in [3.05, 3.63) is 0 Å². The normalized spacial score (nSPS) is 12.6. The maximum atomic E-state index is 12.8. The summed E-state index contributed by atoms with van der Waals surface area (Å²) >= 11 is 0. The first-order chi connectivity index (χ1) is 4.42. The molecule has 0 saturated carbocycles. The van der Waals surface area contributed by atoms with E-state index in [1.807, 2.05) is 0 Å². The van der Waals surface area contributed by atoms with Crippen molar-refractivity contribution in [2.45, 2.75) is 52.6 Å². The average molecular weight is 145 g/mol. The summed E-state index contributed by atoms with van der Waals surface area (Å²) in [5.74, 6) is 0.711. The van der Waals surface area contributed by atoms with E-state index in [0.717, 1.165) is 12.8 Å². The minimum absolute atomic E-state index is 0.700. The van der Waals surface area contributed by atoms with E-state index in [2.05, 4.69) is 13.8 Å². The lowest BCUT2D eigenvalue weighted by atomic mass is 9.99. The van der Waals surface area contributed by atoms with Gasteiger partial charge in [-0.15, -0.1) is 0 Å². The van der Waals surface area contributed by atoms with Crippen LogP contribution in [-0.2, 0) is 0 Å². The zero-order valence-electron chi connectivity index (χ0n) is 7.58. The van der Waals surface area contributed by atoms with Gasteiger partial charge in [-0.05, 0) is 26.2 Å². The minimum atomic E-state index is -0.963. The fourth-order valence-electron chi connectivity index (χ4n) is 0.931. The average Bonchev–Trinajstić information content (AvgIpc) is 1.59. The maximum Gasteiger partial charge on any atom is 0.105 e. The van der Waals surface area contributed by atoms with Gasteiger partial charge in [0, 0.05) is 0 Å². The number of hydrogen-bond donors (Lipinski definition) is 0. The maximum absolute atomic E-state index is 12.8. The van der Waals surface area contributed by atoms with E-state index in [1.165, 1.54) is 0 Å². The van der Waals surface area contributed by atoms with E-state index in [0.29, 0.717) is 12.3 Å². The lowest BCUT2D eigenvalue weighted by Gasteiger charge is -2.13. The van der Waals surface area contributed by atoms with Gasteiger partial charge in [-0.3, -0.25) is 0 Å². The molecule has 1 heteroatoms. The highest BCUT2D eigenvalue weighted by Crippen LogP contribution is 2.18. The number of halogens is 1. The summed E-state index contributed by atoms with van der Waals surface area (Å²) in [6.45, 7) is 7.64. The van der Waals surface area contributed by atoms with Gasteiger partial charge in [0.2, 0.25) is 0 Å². The second-order valence-corrected chi connectivity index (χ2v) is 4.00. The molecule has 62 valence electrons. The lowest BCUT2D eigenvalue weighted by Crippen LogP contribution is -2.11. The molecule has 0 heterocycles. The predicted molar refractivity (Wildman–Crippen MR) is 43.9 cm³/mol. The molecule has 0 N–H and O–H groups in total.